The molecule has 0 aromatic heterocycles. The molecule has 1 heterocycles. The van der Waals surface area contributed by atoms with Gasteiger partial charge in [-0.3, -0.25) is 10.2 Å². The summed E-state index contributed by atoms with van der Waals surface area (Å²) in [4.78, 5) is 27.7. The monoisotopic (exact) mass is 668 g/mol. The number of methoxy groups -OCH3 is 1. The van der Waals surface area contributed by atoms with Gasteiger partial charge in [-0.1, -0.05) is 36.0 Å². The molecule has 0 aliphatic carbocycles. The van der Waals surface area contributed by atoms with E-state index in [0.717, 1.165) is 53.3 Å². The van der Waals surface area contributed by atoms with Crippen molar-refractivity contribution in [2.45, 2.75) is 20.2 Å². The van der Waals surface area contributed by atoms with Crippen LogP contribution in [0.1, 0.15) is 22.3 Å². The molecule has 0 radical (unpaired) electrons. The lowest BCUT2D eigenvalue weighted by Gasteiger charge is -2.27. The zero-order chi connectivity index (χ0) is 33.8. The Labute approximate surface area is 274 Å². The highest BCUT2D eigenvalue weighted by atomic mass is 32.2. The molecule has 3 aromatic rings. The van der Waals surface area contributed by atoms with Crippen LogP contribution in [-0.2, 0) is 4.79 Å². The number of nitrogens with zero attached hydrogens (tertiary/aromatic N) is 5. The average molecular weight is 669 g/mol. The zero-order valence-electron chi connectivity index (χ0n) is 26.0. The molecule has 47 heavy (non-hydrogen) atoms. The second-order valence-electron chi connectivity index (χ2n) is 10.2. The van der Waals surface area contributed by atoms with Crippen molar-refractivity contribution in [2.75, 3.05) is 39.0 Å². The summed E-state index contributed by atoms with van der Waals surface area (Å²) in [5.41, 5.74) is 13.5. The summed E-state index contributed by atoms with van der Waals surface area (Å²) in [6.45, 7) is 6.78. The third-order valence-electron chi connectivity index (χ3n) is 6.77. The first kappa shape index (κ1) is 35.0. The van der Waals surface area contributed by atoms with Crippen molar-refractivity contribution in [1.82, 2.24) is 15.6 Å². The maximum atomic E-state index is 12.8. The molecule has 1 saturated heterocycles. The van der Waals surface area contributed by atoms with Crippen molar-refractivity contribution in [3.05, 3.63) is 82.9 Å². The van der Waals surface area contributed by atoms with Crippen LogP contribution in [0, 0.1) is 13.8 Å². The van der Waals surface area contributed by atoms with Gasteiger partial charge in [0.15, 0.2) is 5.17 Å². The largest absolute Gasteiger partial charge is 0.573 e. The Morgan fingerprint density at radius 1 is 1.04 bits per heavy atom. The third kappa shape index (κ3) is 11.1. The van der Waals surface area contributed by atoms with E-state index in [2.05, 4.69) is 30.6 Å². The molecule has 3 aromatic carbocycles. The number of amidine groups is 2. The Balaban J connectivity index is 1.40. The number of halogens is 3. The lowest BCUT2D eigenvalue weighted by atomic mass is 10.1. The quantitative estimate of drug-likeness (QED) is 0.156. The van der Waals surface area contributed by atoms with E-state index in [1.807, 2.05) is 30.9 Å². The van der Waals surface area contributed by atoms with E-state index in [-0.39, 0.29) is 23.2 Å². The molecular weight excluding hydrogens is 633 g/mol. The number of rotatable bonds is 10. The van der Waals surface area contributed by atoms with E-state index in [9.17, 15) is 18.0 Å². The Hall–Kier alpha value is -4.89. The average Bonchev–Trinajstić information content (AvgIpc) is 3.05. The number of nitrogens with one attached hydrogen (secondary N) is 2. The van der Waals surface area contributed by atoms with Crippen LogP contribution < -0.4 is 25.9 Å². The molecule has 0 bridgehead atoms. The molecular formula is C32H35F3N8O3S. The fourth-order valence-electron chi connectivity index (χ4n) is 4.41. The van der Waals surface area contributed by atoms with E-state index < -0.39 is 6.36 Å². The predicted molar refractivity (Wildman–Crippen MR) is 181 cm³/mol. The predicted octanol–water partition coefficient (Wildman–Crippen LogP) is 5.05. The van der Waals surface area contributed by atoms with Gasteiger partial charge in [-0.05, 0) is 66.9 Å². The van der Waals surface area contributed by atoms with Crippen LogP contribution in [0.3, 0.4) is 0 Å². The highest BCUT2D eigenvalue weighted by Gasteiger charge is 2.31. The number of hydrogen-bond acceptors (Lipinski definition) is 8. The molecule has 1 aliphatic rings. The van der Waals surface area contributed by atoms with Crippen LogP contribution in [0.15, 0.2) is 80.7 Å². The lowest BCUT2D eigenvalue weighted by Crippen LogP contribution is -2.47. The molecule has 0 unspecified atom stereocenters. The number of aliphatic imine (C=N–C) groups is 3. The van der Waals surface area contributed by atoms with Crippen LogP contribution in [0.5, 0.6) is 11.5 Å². The minimum atomic E-state index is -4.76. The standard InChI is InChI=1S/C32H35F3N8O3S/c1-21-16-27(45-3)17-22(2)29(21)41-31(47-19-28(44)43-14-12-37-13-15-43)42-40-18-23-4-6-24(7-5-23)30(36)39-20-38-25-8-10-26(11-9-25)46-32(33,34)35/h4-11,16-18,20,37H,12-15,19H2,1-3H3,(H,41,42)(H2,36,38,39)/b40-18-. The Morgan fingerprint density at radius 2 is 1.70 bits per heavy atom. The maximum Gasteiger partial charge on any atom is 0.573 e. The van der Waals surface area contributed by atoms with E-state index >= 15 is 0 Å². The number of piperazine rings is 1. The Kier molecular flexibility index (Phi) is 12.4. The molecule has 0 spiro atoms. The van der Waals surface area contributed by atoms with Crippen molar-refractivity contribution < 1.29 is 27.4 Å². The van der Waals surface area contributed by atoms with E-state index in [4.69, 9.17) is 15.5 Å². The van der Waals surface area contributed by atoms with Gasteiger partial charge in [0.25, 0.3) is 0 Å². The van der Waals surface area contributed by atoms with Gasteiger partial charge in [-0.15, -0.1) is 13.2 Å². The van der Waals surface area contributed by atoms with Crippen LogP contribution in [0.25, 0.3) is 0 Å². The first-order chi connectivity index (χ1) is 22.5. The molecule has 15 heteroatoms. The minimum Gasteiger partial charge on any atom is -0.497 e. The summed E-state index contributed by atoms with van der Waals surface area (Å²) in [7, 11) is 1.62. The molecule has 1 aliphatic heterocycles. The Morgan fingerprint density at radius 3 is 2.32 bits per heavy atom. The summed E-state index contributed by atoms with van der Waals surface area (Å²) in [6.07, 6.45) is -1.93. The molecule has 1 amide bonds. The highest BCUT2D eigenvalue weighted by molar-refractivity contribution is 8.14. The van der Waals surface area contributed by atoms with Crippen LogP contribution >= 0.6 is 11.8 Å². The second kappa shape index (κ2) is 16.6. The van der Waals surface area contributed by atoms with Crippen LogP contribution in [0.2, 0.25) is 0 Å². The van der Waals surface area contributed by atoms with Gasteiger partial charge in [0, 0.05) is 31.7 Å². The smallest absolute Gasteiger partial charge is 0.497 e. The van der Waals surface area contributed by atoms with Gasteiger partial charge in [0.1, 0.15) is 23.7 Å². The fourth-order valence-corrected chi connectivity index (χ4v) is 5.12. The molecule has 11 nitrogen and oxygen atoms in total. The normalized spacial score (nSPS) is 14.6. The fraction of sp³-hybridized carbons (Fsp3) is 0.281. The maximum absolute atomic E-state index is 12.8. The molecule has 0 saturated carbocycles. The summed E-state index contributed by atoms with van der Waals surface area (Å²) < 4.78 is 46.2. The second-order valence-corrected chi connectivity index (χ2v) is 11.2. The van der Waals surface area contributed by atoms with Crippen molar-refractivity contribution in [3.8, 4) is 11.5 Å². The number of hydrogen-bond donors (Lipinski definition) is 3. The first-order valence-corrected chi connectivity index (χ1v) is 15.5. The number of benzene rings is 3. The lowest BCUT2D eigenvalue weighted by molar-refractivity contribution is -0.274. The van der Waals surface area contributed by atoms with Crippen molar-refractivity contribution in [2.24, 2.45) is 25.8 Å². The number of carbonyl (C=O) groups is 1. The minimum absolute atomic E-state index is 0.0338. The molecule has 0 atom stereocenters. The van der Waals surface area contributed by atoms with Crippen molar-refractivity contribution in [3.63, 3.8) is 0 Å². The molecule has 4 rings (SSSR count). The summed E-state index contributed by atoms with van der Waals surface area (Å²) >= 11 is 1.28. The summed E-state index contributed by atoms with van der Waals surface area (Å²) in [5, 5.41) is 8.08. The number of ether oxygens (including phenoxy) is 2. The van der Waals surface area contributed by atoms with Gasteiger partial charge in [0.05, 0.1) is 30.5 Å². The number of alkyl halides is 3. The third-order valence-corrected chi connectivity index (χ3v) is 7.62. The highest BCUT2D eigenvalue weighted by Crippen LogP contribution is 2.30. The molecule has 4 N–H and O–H groups in total. The molecule has 1 fully saturated rings. The van der Waals surface area contributed by atoms with Gasteiger partial charge in [0.2, 0.25) is 5.91 Å². The van der Waals surface area contributed by atoms with Crippen molar-refractivity contribution >= 4 is 52.6 Å². The zero-order valence-corrected chi connectivity index (χ0v) is 26.9. The van der Waals surface area contributed by atoms with E-state index in [1.165, 1.54) is 30.2 Å². The number of carbonyl (C=O) groups excluding carboxylic acids is 1. The van der Waals surface area contributed by atoms with E-state index in [0.29, 0.717) is 29.5 Å². The van der Waals surface area contributed by atoms with Gasteiger partial charge < -0.3 is 25.4 Å². The van der Waals surface area contributed by atoms with E-state index in [1.54, 1.807) is 37.6 Å². The van der Waals surface area contributed by atoms with Gasteiger partial charge in [-0.2, -0.15) is 5.10 Å². The number of amides is 1. The summed E-state index contributed by atoms with van der Waals surface area (Å²) in [5.74, 6) is 0.833. The number of hydrazone groups is 1. The van der Waals surface area contributed by atoms with Gasteiger partial charge >= 0.3 is 6.36 Å². The topological polar surface area (TPSA) is 138 Å². The number of aryl methyl sites for hydroxylation is 2. The Bertz CT molecular complexity index is 1610. The van der Waals surface area contributed by atoms with Crippen molar-refractivity contribution in [1.29, 1.82) is 0 Å². The summed E-state index contributed by atoms with van der Waals surface area (Å²) in [6, 6.07) is 16.0. The van der Waals surface area contributed by atoms with Crippen LogP contribution in [0.4, 0.5) is 24.5 Å². The first-order valence-electron chi connectivity index (χ1n) is 14.5. The molecule has 248 valence electrons. The van der Waals surface area contributed by atoms with Crippen LogP contribution in [-0.4, -0.2) is 79.8 Å². The van der Waals surface area contributed by atoms with Gasteiger partial charge in [-0.25, -0.2) is 15.0 Å². The number of thioether (sulfide) groups is 1. The SMILES string of the molecule is COc1cc(C)c(N=C(N/N=C\c2ccc(C(N)=NC=Nc3ccc(OC(F)(F)F)cc3)cc2)SCC(=O)N2CCNCC2)c(C)c1. The number of nitrogens with two attached hydrogens (primary N) is 1.